The first-order valence-electron chi connectivity index (χ1n) is 4.50. The Morgan fingerprint density at radius 2 is 2.27 bits per heavy atom. The van der Waals surface area contributed by atoms with Crippen molar-refractivity contribution in [2.24, 2.45) is 5.92 Å². The largest absolute Gasteiger partial charge is 0.314 e. The third kappa shape index (κ3) is 2.68. The van der Waals surface area contributed by atoms with Crippen molar-refractivity contribution in [2.75, 3.05) is 12.8 Å². The van der Waals surface area contributed by atoms with E-state index in [1.54, 1.807) is 0 Å². The molecule has 11 heavy (non-hydrogen) atoms. The fourth-order valence-corrected chi connectivity index (χ4v) is 2.42. The Morgan fingerprint density at radius 3 is 2.82 bits per heavy atom. The van der Waals surface area contributed by atoms with Gasteiger partial charge in [-0.3, -0.25) is 0 Å². The molecule has 1 aliphatic rings. The van der Waals surface area contributed by atoms with Crippen LogP contribution in [0, 0.1) is 5.92 Å². The van der Waals surface area contributed by atoms with Gasteiger partial charge in [-0.25, -0.2) is 0 Å². The lowest BCUT2D eigenvalue weighted by atomic mass is 9.91. The van der Waals surface area contributed by atoms with Crippen LogP contribution in [-0.2, 0) is 0 Å². The highest BCUT2D eigenvalue weighted by Crippen LogP contribution is 2.26. The molecule has 0 aromatic carbocycles. The van der Waals surface area contributed by atoms with Gasteiger partial charge in [0.25, 0.3) is 0 Å². The minimum absolute atomic E-state index is 0.739. The summed E-state index contributed by atoms with van der Waals surface area (Å²) in [7, 11) is 0. The van der Waals surface area contributed by atoms with Crippen LogP contribution < -0.4 is 5.32 Å². The Bertz CT molecular complexity index is 116. The summed E-state index contributed by atoms with van der Waals surface area (Å²) in [4.78, 5) is 0. The lowest BCUT2D eigenvalue weighted by Crippen LogP contribution is -2.38. The molecule has 0 aromatic rings. The van der Waals surface area contributed by atoms with Gasteiger partial charge in [0.15, 0.2) is 0 Å². The van der Waals surface area contributed by atoms with Crippen LogP contribution >= 0.6 is 11.8 Å². The van der Waals surface area contributed by atoms with Gasteiger partial charge in [0, 0.05) is 11.3 Å². The number of hydrogen-bond donors (Lipinski definition) is 1. The second-order valence-electron chi connectivity index (χ2n) is 3.58. The lowest BCUT2D eigenvalue weighted by Gasteiger charge is -2.31. The highest BCUT2D eigenvalue weighted by Gasteiger charge is 2.22. The summed E-state index contributed by atoms with van der Waals surface area (Å²) in [5.41, 5.74) is 0. The average molecular weight is 173 g/mol. The maximum atomic E-state index is 3.48. The zero-order valence-electron chi connectivity index (χ0n) is 7.76. The molecule has 1 rings (SSSR count). The molecule has 3 unspecified atom stereocenters. The van der Waals surface area contributed by atoms with Crippen LogP contribution in [0.2, 0.25) is 0 Å². The fourth-order valence-electron chi connectivity index (χ4n) is 1.79. The van der Waals surface area contributed by atoms with Gasteiger partial charge in [-0.2, -0.15) is 11.8 Å². The van der Waals surface area contributed by atoms with Crippen molar-refractivity contribution >= 4 is 11.8 Å². The zero-order chi connectivity index (χ0) is 8.27. The van der Waals surface area contributed by atoms with Crippen LogP contribution in [0.4, 0.5) is 0 Å². The van der Waals surface area contributed by atoms with Crippen LogP contribution in [0.15, 0.2) is 0 Å². The number of piperidine rings is 1. The Balaban J connectivity index is 2.33. The van der Waals surface area contributed by atoms with Crippen molar-refractivity contribution in [1.29, 1.82) is 0 Å². The van der Waals surface area contributed by atoms with Crippen LogP contribution in [-0.4, -0.2) is 24.1 Å². The van der Waals surface area contributed by atoms with E-state index < -0.39 is 0 Å². The van der Waals surface area contributed by atoms with E-state index in [0.29, 0.717) is 0 Å². The van der Waals surface area contributed by atoms with Gasteiger partial charge in [0.05, 0.1) is 0 Å². The molecule has 1 saturated heterocycles. The zero-order valence-corrected chi connectivity index (χ0v) is 8.58. The normalized spacial score (nSPS) is 35.2. The van der Waals surface area contributed by atoms with E-state index in [1.165, 1.54) is 19.4 Å². The second-order valence-corrected chi connectivity index (χ2v) is 4.80. The molecule has 1 nitrogen and oxygen atoms in total. The summed E-state index contributed by atoms with van der Waals surface area (Å²) in [6.07, 6.45) is 4.95. The van der Waals surface area contributed by atoms with E-state index in [9.17, 15) is 0 Å². The molecule has 0 saturated carbocycles. The smallest absolute Gasteiger partial charge is 0.00452 e. The van der Waals surface area contributed by atoms with Gasteiger partial charge in [0.2, 0.25) is 0 Å². The van der Waals surface area contributed by atoms with E-state index in [1.807, 2.05) is 11.8 Å². The van der Waals surface area contributed by atoms with Gasteiger partial charge in [-0.05, 0) is 38.5 Å². The number of thioether (sulfide) groups is 1. The molecule has 0 aromatic heterocycles. The Morgan fingerprint density at radius 1 is 1.55 bits per heavy atom. The molecule has 3 atom stereocenters. The Kier molecular flexibility index (Phi) is 3.73. The van der Waals surface area contributed by atoms with Gasteiger partial charge in [0.1, 0.15) is 0 Å². The molecule has 1 heterocycles. The molecular formula is C9H19NS. The predicted molar refractivity (Wildman–Crippen MR) is 53.2 cm³/mol. The van der Waals surface area contributed by atoms with Crippen molar-refractivity contribution in [3.8, 4) is 0 Å². The Hall–Kier alpha value is 0.310. The maximum Gasteiger partial charge on any atom is 0.00452 e. The minimum atomic E-state index is 0.739. The Labute approximate surface area is 74.3 Å². The topological polar surface area (TPSA) is 12.0 Å². The second kappa shape index (κ2) is 4.36. The fraction of sp³-hybridized carbons (Fsp3) is 1.00. The van der Waals surface area contributed by atoms with E-state index in [4.69, 9.17) is 0 Å². The predicted octanol–water partition coefficient (Wildman–Crippen LogP) is 2.13. The quantitative estimate of drug-likeness (QED) is 0.686. The van der Waals surface area contributed by atoms with Crippen molar-refractivity contribution in [3.63, 3.8) is 0 Å². The summed E-state index contributed by atoms with van der Waals surface area (Å²) in [6.45, 7) is 5.86. The SMILES string of the molecule is CSC(C)C1CCNC(C)C1. The summed E-state index contributed by atoms with van der Waals surface area (Å²) < 4.78 is 0. The number of rotatable bonds is 2. The molecule has 0 aliphatic carbocycles. The van der Waals surface area contributed by atoms with Gasteiger partial charge in [-0.1, -0.05) is 6.92 Å². The molecule has 1 fully saturated rings. The van der Waals surface area contributed by atoms with E-state index in [2.05, 4.69) is 25.4 Å². The van der Waals surface area contributed by atoms with Crippen molar-refractivity contribution < 1.29 is 0 Å². The minimum Gasteiger partial charge on any atom is -0.314 e. The summed E-state index contributed by atoms with van der Waals surface area (Å²) in [5.74, 6) is 0.946. The molecular weight excluding hydrogens is 154 g/mol. The summed E-state index contributed by atoms with van der Waals surface area (Å²) in [6, 6.07) is 0.739. The van der Waals surface area contributed by atoms with Gasteiger partial charge in [-0.15, -0.1) is 0 Å². The lowest BCUT2D eigenvalue weighted by molar-refractivity contribution is 0.314. The van der Waals surface area contributed by atoms with Gasteiger partial charge >= 0.3 is 0 Å². The summed E-state index contributed by atoms with van der Waals surface area (Å²) in [5, 5.41) is 4.33. The van der Waals surface area contributed by atoms with Crippen LogP contribution in [0.5, 0.6) is 0 Å². The number of hydrogen-bond acceptors (Lipinski definition) is 2. The van der Waals surface area contributed by atoms with Gasteiger partial charge < -0.3 is 5.32 Å². The monoisotopic (exact) mass is 173 g/mol. The van der Waals surface area contributed by atoms with Crippen LogP contribution in [0.25, 0.3) is 0 Å². The highest BCUT2D eigenvalue weighted by atomic mass is 32.2. The van der Waals surface area contributed by atoms with E-state index in [-0.39, 0.29) is 0 Å². The first-order chi connectivity index (χ1) is 5.24. The molecule has 2 heteroatoms. The van der Waals surface area contributed by atoms with Crippen molar-refractivity contribution in [3.05, 3.63) is 0 Å². The van der Waals surface area contributed by atoms with Crippen molar-refractivity contribution in [1.82, 2.24) is 5.32 Å². The third-order valence-corrected chi connectivity index (χ3v) is 3.83. The first-order valence-corrected chi connectivity index (χ1v) is 5.79. The molecule has 1 N–H and O–H groups in total. The van der Waals surface area contributed by atoms with E-state index in [0.717, 1.165) is 17.2 Å². The third-order valence-electron chi connectivity index (χ3n) is 2.70. The molecule has 66 valence electrons. The average Bonchev–Trinajstić information content (AvgIpc) is 2.03. The highest BCUT2D eigenvalue weighted by molar-refractivity contribution is 7.99. The molecule has 0 spiro atoms. The molecule has 1 aliphatic heterocycles. The standard InChI is InChI=1S/C9H19NS/c1-7-6-9(4-5-10-7)8(2)11-3/h7-10H,4-6H2,1-3H3. The summed E-state index contributed by atoms with van der Waals surface area (Å²) >= 11 is 2.01. The first kappa shape index (κ1) is 9.40. The molecule has 0 bridgehead atoms. The molecule has 0 radical (unpaired) electrons. The number of nitrogens with one attached hydrogen (secondary N) is 1. The maximum absolute atomic E-state index is 3.48. The van der Waals surface area contributed by atoms with Crippen LogP contribution in [0.1, 0.15) is 26.7 Å². The van der Waals surface area contributed by atoms with Crippen LogP contribution in [0.3, 0.4) is 0 Å². The van der Waals surface area contributed by atoms with E-state index >= 15 is 0 Å². The van der Waals surface area contributed by atoms with Crippen molar-refractivity contribution in [2.45, 2.75) is 38.0 Å². The molecule has 0 amide bonds.